The molecule has 1 saturated carbocycles. The van der Waals surface area contributed by atoms with Crippen molar-refractivity contribution in [3.63, 3.8) is 0 Å². The Morgan fingerprint density at radius 2 is 1.88 bits per heavy atom. The molecule has 1 aliphatic carbocycles. The zero-order chi connectivity index (χ0) is 11.6. The normalized spacial score (nSPS) is 27.0. The Kier molecular flexibility index (Phi) is 4.23. The number of rotatable bonds is 4. The topological polar surface area (TPSA) is 3.24 Å². The van der Waals surface area contributed by atoms with Crippen molar-refractivity contribution in [3.8, 4) is 0 Å². The molecule has 0 radical (unpaired) electrons. The lowest BCUT2D eigenvalue weighted by Crippen LogP contribution is -2.46. The first kappa shape index (κ1) is 12.8. The third kappa shape index (κ3) is 2.76. The van der Waals surface area contributed by atoms with E-state index >= 15 is 0 Å². The first-order valence-electron chi connectivity index (χ1n) is 6.98. The van der Waals surface area contributed by atoms with Gasteiger partial charge in [0.1, 0.15) is 0 Å². The van der Waals surface area contributed by atoms with Gasteiger partial charge < -0.3 is 4.90 Å². The number of hydrogen-bond acceptors (Lipinski definition) is 2. The van der Waals surface area contributed by atoms with Crippen molar-refractivity contribution in [3.05, 3.63) is 0 Å². The molecule has 0 unspecified atom stereocenters. The predicted octanol–water partition coefficient (Wildman–Crippen LogP) is 3.45. The van der Waals surface area contributed by atoms with Crippen molar-refractivity contribution in [2.24, 2.45) is 17.3 Å². The van der Waals surface area contributed by atoms with Gasteiger partial charge in [0.15, 0.2) is 0 Å². The van der Waals surface area contributed by atoms with Crippen molar-refractivity contribution in [1.82, 2.24) is 4.90 Å². The fourth-order valence-corrected chi connectivity index (χ4v) is 3.71. The Morgan fingerprint density at radius 1 is 1.25 bits per heavy atom. The number of likely N-dealkylation sites (tertiary alicyclic amines) is 1. The molecule has 0 aromatic heterocycles. The molecule has 0 atom stereocenters. The maximum absolute atomic E-state index is 4.56. The minimum Gasteiger partial charge on any atom is -0.303 e. The van der Waals surface area contributed by atoms with Gasteiger partial charge in [-0.1, -0.05) is 20.3 Å². The molecule has 0 N–H and O–H groups in total. The van der Waals surface area contributed by atoms with Crippen molar-refractivity contribution in [2.75, 3.05) is 25.4 Å². The Labute approximate surface area is 106 Å². The van der Waals surface area contributed by atoms with Crippen molar-refractivity contribution >= 4 is 12.6 Å². The fourth-order valence-electron chi connectivity index (χ4n) is 3.30. The number of hydrogen-bond donors (Lipinski definition) is 1. The van der Waals surface area contributed by atoms with E-state index in [1.54, 1.807) is 0 Å². The lowest BCUT2D eigenvalue weighted by Gasteiger charge is -2.46. The molecule has 0 aromatic carbocycles. The molecule has 1 aliphatic heterocycles. The minimum absolute atomic E-state index is 0.591. The summed E-state index contributed by atoms with van der Waals surface area (Å²) in [5.74, 6) is 2.95. The third-order valence-electron chi connectivity index (χ3n) is 4.88. The van der Waals surface area contributed by atoms with Crippen LogP contribution in [0.3, 0.4) is 0 Å². The molecular formula is C14H27NS. The van der Waals surface area contributed by atoms with E-state index in [9.17, 15) is 0 Å². The molecule has 0 aromatic rings. The summed E-state index contributed by atoms with van der Waals surface area (Å²) in [7, 11) is 0. The molecule has 0 spiro atoms. The summed E-state index contributed by atoms with van der Waals surface area (Å²) in [6, 6.07) is 0. The Morgan fingerprint density at radius 3 is 2.25 bits per heavy atom. The average Bonchev–Trinajstić information content (AvgIpc) is 2.24. The van der Waals surface area contributed by atoms with Gasteiger partial charge in [0.25, 0.3) is 0 Å². The maximum Gasteiger partial charge on any atom is 0.00458 e. The molecule has 16 heavy (non-hydrogen) atoms. The molecule has 0 bridgehead atoms. The highest BCUT2D eigenvalue weighted by molar-refractivity contribution is 7.80. The van der Waals surface area contributed by atoms with E-state index in [-0.39, 0.29) is 0 Å². The SMILES string of the molecule is CC(C)C1CCN(CC2(CS)CCC2)CC1. The molecule has 2 aliphatic rings. The van der Waals surface area contributed by atoms with Gasteiger partial charge >= 0.3 is 0 Å². The van der Waals surface area contributed by atoms with Crippen LogP contribution in [-0.4, -0.2) is 30.3 Å². The van der Waals surface area contributed by atoms with Gasteiger partial charge in [0.05, 0.1) is 0 Å². The van der Waals surface area contributed by atoms with Crippen LogP contribution in [0.1, 0.15) is 46.0 Å². The molecular weight excluding hydrogens is 214 g/mol. The van der Waals surface area contributed by atoms with Crippen molar-refractivity contribution in [2.45, 2.75) is 46.0 Å². The molecule has 0 amide bonds. The van der Waals surface area contributed by atoms with E-state index in [4.69, 9.17) is 0 Å². The summed E-state index contributed by atoms with van der Waals surface area (Å²) < 4.78 is 0. The van der Waals surface area contributed by atoms with Gasteiger partial charge in [0.2, 0.25) is 0 Å². The standard InChI is InChI=1S/C14H27NS/c1-12(2)13-4-8-15(9-5-13)10-14(11-16)6-3-7-14/h12-13,16H,3-11H2,1-2H3. The molecule has 1 saturated heterocycles. The number of thiol groups is 1. The van der Waals surface area contributed by atoms with Gasteiger partial charge in [-0.05, 0) is 61.8 Å². The molecule has 1 nitrogen and oxygen atoms in total. The highest BCUT2D eigenvalue weighted by atomic mass is 32.1. The zero-order valence-electron chi connectivity index (χ0n) is 10.9. The van der Waals surface area contributed by atoms with E-state index < -0.39 is 0 Å². The second kappa shape index (κ2) is 5.30. The lowest BCUT2D eigenvalue weighted by atomic mass is 9.69. The second-order valence-corrected chi connectivity index (χ2v) is 6.69. The van der Waals surface area contributed by atoms with Crippen molar-refractivity contribution < 1.29 is 0 Å². The van der Waals surface area contributed by atoms with Gasteiger partial charge in [-0.15, -0.1) is 0 Å². The molecule has 94 valence electrons. The van der Waals surface area contributed by atoms with Gasteiger partial charge in [-0.25, -0.2) is 0 Å². The minimum atomic E-state index is 0.591. The van der Waals surface area contributed by atoms with Gasteiger partial charge in [-0.3, -0.25) is 0 Å². The monoisotopic (exact) mass is 241 g/mol. The van der Waals surface area contributed by atoms with Crippen LogP contribution in [0, 0.1) is 17.3 Å². The first-order valence-corrected chi connectivity index (χ1v) is 7.62. The van der Waals surface area contributed by atoms with E-state index in [2.05, 4.69) is 31.4 Å². The molecule has 2 heteroatoms. The van der Waals surface area contributed by atoms with E-state index in [0.717, 1.165) is 17.6 Å². The first-order chi connectivity index (χ1) is 7.65. The van der Waals surface area contributed by atoms with Crippen LogP contribution in [0.15, 0.2) is 0 Å². The summed E-state index contributed by atoms with van der Waals surface area (Å²) in [5, 5.41) is 0. The molecule has 2 fully saturated rings. The van der Waals surface area contributed by atoms with Crippen LogP contribution >= 0.6 is 12.6 Å². The van der Waals surface area contributed by atoms with Crippen LogP contribution < -0.4 is 0 Å². The fraction of sp³-hybridized carbons (Fsp3) is 1.00. The number of piperidine rings is 1. The summed E-state index contributed by atoms with van der Waals surface area (Å²) >= 11 is 4.56. The second-order valence-electron chi connectivity index (χ2n) is 6.37. The quantitative estimate of drug-likeness (QED) is 0.738. The highest BCUT2D eigenvalue weighted by Crippen LogP contribution is 2.43. The smallest absolute Gasteiger partial charge is 0.00458 e. The van der Waals surface area contributed by atoms with Crippen molar-refractivity contribution in [1.29, 1.82) is 0 Å². The van der Waals surface area contributed by atoms with Crippen LogP contribution in [0.4, 0.5) is 0 Å². The Bertz CT molecular complexity index is 209. The third-order valence-corrected chi connectivity index (χ3v) is 5.55. The Balaban J connectivity index is 1.76. The van der Waals surface area contributed by atoms with Crippen LogP contribution in [0.5, 0.6) is 0 Å². The largest absolute Gasteiger partial charge is 0.303 e. The van der Waals surface area contributed by atoms with Crippen LogP contribution in [-0.2, 0) is 0 Å². The van der Waals surface area contributed by atoms with Crippen LogP contribution in [0.2, 0.25) is 0 Å². The predicted molar refractivity (Wildman–Crippen MR) is 74.1 cm³/mol. The maximum atomic E-state index is 4.56. The summed E-state index contributed by atoms with van der Waals surface area (Å²) in [6.45, 7) is 8.74. The van der Waals surface area contributed by atoms with Gasteiger partial charge in [0, 0.05) is 6.54 Å². The zero-order valence-corrected chi connectivity index (χ0v) is 11.8. The molecule has 2 rings (SSSR count). The van der Waals surface area contributed by atoms with E-state index in [0.29, 0.717) is 5.41 Å². The summed E-state index contributed by atoms with van der Waals surface area (Å²) in [6.07, 6.45) is 7.10. The van der Waals surface area contributed by atoms with Gasteiger partial charge in [-0.2, -0.15) is 12.6 Å². The number of nitrogens with zero attached hydrogens (tertiary/aromatic N) is 1. The van der Waals surface area contributed by atoms with E-state index in [1.807, 2.05) is 0 Å². The summed E-state index contributed by atoms with van der Waals surface area (Å²) in [4.78, 5) is 2.70. The van der Waals surface area contributed by atoms with E-state index in [1.165, 1.54) is 51.7 Å². The average molecular weight is 241 g/mol. The lowest BCUT2D eigenvalue weighted by molar-refractivity contribution is 0.0615. The summed E-state index contributed by atoms with van der Waals surface area (Å²) in [5.41, 5.74) is 0.591. The Hall–Kier alpha value is 0.310. The highest BCUT2D eigenvalue weighted by Gasteiger charge is 2.37. The molecule has 1 heterocycles. The van der Waals surface area contributed by atoms with Crippen LogP contribution in [0.25, 0.3) is 0 Å².